The predicted molar refractivity (Wildman–Crippen MR) is 73.4 cm³/mol. The number of amides is 1. The van der Waals surface area contributed by atoms with E-state index in [1.54, 1.807) is 34.0 Å². The van der Waals surface area contributed by atoms with Crippen LogP contribution in [-0.2, 0) is 11.3 Å². The third kappa shape index (κ3) is 2.37. The largest absolute Gasteiger partial charge is 0.339 e. The molecular formula is C12H14N4O2S. The van der Waals surface area contributed by atoms with E-state index >= 15 is 0 Å². The lowest BCUT2D eigenvalue weighted by Crippen LogP contribution is -2.41. The van der Waals surface area contributed by atoms with Gasteiger partial charge >= 0.3 is 0 Å². The molecule has 0 unspecified atom stereocenters. The Balaban J connectivity index is 1.82. The zero-order valence-corrected chi connectivity index (χ0v) is 11.2. The van der Waals surface area contributed by atoms with Gasteiger partial charge in [0.15, 0.2) is 0 Å². The molecule has 0 atom stereocenters. The molecule has 1 saturated heterocycles. The fourth-order valence-corrected chi connectivity index (χ4v) is 3.03. The Kier molecular flexibility index (Phi) is 3.29. The van der Waals surface area contributed by atoms with Crippen LogP contribution in [0.3, 0.4) is 0 Å². The van der Waals surface area contributed by atoms with Crippen LogP contribution >= 0.6 is 11.8 Å². The first-order chi connectivity index (χ1) is 9.25. The summed E-state index contributed by atoms with van der Waals surface area (Å²) in [6, 6.07) is 3.51. The van der Waals surface area contributed by atoms with Crippen LogP contribution in [0, 0.1) is 0 Å². The van der Waals surface area contributed by atoms with Crippen molar-refractivity contribution in [2.24, 2.45) is 0 Å². The molecule has 0 bridgehead atoms. The van der Waals surface area contributed by atoms with Gasteiger partial charge < -0.3 is 9.30 Å². The molecule has 2 aromatic heterocycles. The quantitative estimate of drug-likeness (QED) is 0.780. The van der Waals surface area contributed by atoms with E-state index in [0.29, 0.717) is 5.52 Å². The second kappa shape index (κ2) is 5.08. The maximum absolute atomic E-state index is 12.1. The first-order valence-corrected chi connectivity index (χ1v) is 7.29. The number of nitrogens with zero attached hydrogens (tertiary/aromatic N) is 4. The molecule has 1 amide bonds. The maximum atomic E-state index is 12.1. The van der Waals surface area contributed by atoms with Gasteiger partial charge in [-0.2, -0.15) is 16.9 Å². The van der Waals surface area contributed by atoms with E-state index in [4.69, 9.17) is 0 Å². The number of carbonyl (C=O) groups excluding carboxylic acids is 1. The van der Waals surface area contributed by atoms with Crippen LogP contribution < -0.4 is 5.56 Å². The van der Waals surface area contributed by atoms with Crippen molar-refractivity contribution in [2.75, 3.05) is 24.6 Å². The second-order valence-electron chi connectivity index (χ2n) is 4.39. The Hall–Kier alpha value is -1.76. The van der Waals surface area contributed by atoms with Crippen LogP contribution in [0.4, 0.5) is 0 Å². The smallest absolute Gasteiger partial charge is 0.291 e. The van der Waals surface area contributed by atoms with Crippen LogP contribution in [0.2, 0.25) is 0 Å². The van der Waals surface area contributed by atoms with Crippen molar-refractivity contribution in [1.82, 2.24) is 19.1 Å². The van der Waals surface area contributed by atoms with Gasteiger partial charge in [-0.3, -0.25) is 9.59 Å². The van der Waals surface area contributed by atoms with Crippen LogP contribution in [0.25, 0.3) is 5.52 Å². The van der Waals surface area contributed by atoms with E-state index in [9.17, 15) is 9.59 Å². The van der Waals surface area contributed by atoms with E-state index < -0.39 is 0 Å². The molecule has 3 heterocycles. The number of fused-ring (bicyclic) bond motifs is 1. The number of hydrogen-bond donors (Lipinski definition) is 0. The molecule has 1 fully saturated rings. The summed E-state index contributed by atoms with van der Waals surface area (Å²) >= 11 is 1.85. The van der Waals surface area contributed by atoms with Crippen molar-refractivity contribution in [3.63, 3.8) is 0 Å². The van der Waals surface area contributed by atoms with Crippen LogP contribution in [0.5, 0.6) is 0 Å². The summed E-state index contributed by atoms with van der Waals surface area (Å²) in [4.78, 5) is 26.0. The first-order valence-electron chi connectivity index (χ1n) is 6.14. The van der Waals surface area contributed by atoms with Gasteiger partial charge in [0.25, 0.3) is 5.56 Å². The monoisotopic (exact) mass is 278 g/mol. The van der Waals surface area contributed by atoms with Crippen LogP contribution in [0.15, 0.2) is 29.5 Å². The summed E-state index contributed by atoms with van der Waals surface area (Å²) in [5.41, 5.74) is 0.309. The van der Waals surface area contributed by atoms with Crippen molar-refractivity contribution in [3.05, 3.63) is 35.0 Å². The summed E-state index contributed by atoms with van der Waals surface area (Å²) in [5.74, 6) is 1.89. The van der Waals surface area contributed by atoms with Crippen molar-refractivity contribution in [1.29, 1.82) is 0 Å². The minimum absolute atomic E-state index is 0.0190. The topological polar surface area (TPSA) is 59.6 Å². The number of aromatic nitrogens is 3. The van der Waals surface area contributed by atoms with Crippen LogP contribution in [-0.4, -0.2) is 49.6 Å². The highest BCUT2D eigenvalue weighted by Crippen LogP contribution is 2.09. The molecule has 2 aromatic rings. The first kappa shape index (κ1) is 12.3. The van der Waals surface area contributed by atoms with E-state index in [1.165, 1.54) is 4.68 Å². The molecule has 6 nitrogen and oxygen atoms in total. The summed E-state index contributed by atoms with van der Waals surface area (Å²) in [6.07, 6.45) is 3.31. The molecule has 3 rings (SSSR count). The van der Waals surface area contributed by atoms with Gasteiger partial charge in [0.2, 0.25) is 5.91 Å². The molecule has 0 N–H and O–H groups in total. The highest BCUT2D eigenvalue weighted by molar-refractivity contribution is 7.99. The highest BCUT2D eigenvalue weighted by Gasteiger charge is 2.18. The van der Waals surface area contributed by atoms with Gasteiger partial charge in [-0.15, -0.1) is 0 Å². The van der Waals surface area contributed by atoms with Gasteiger partial charge in [-0.1, -0.05) is 0 Å². The molecule has 1 aliphatic heterocycles. The zero-order chi connectivity index (χ0) is 13.2. The number of hydrogen-bond acceptors (Lipinski definition) is 4. The van der Waals surface area contributed by atoms with E-state index in [0.717, 1.165) is 24.6 Å². The lowest BCUT2D eigenvalue weighted by atomic mass is 10.4. The summed E-state index contributed by atoms with van der Waals surface area (Å²) < 4.78 is 2.89. The third-order valence-corrected chi connectivity index (χ3v) is 4.14. The lowest BCUT2D eigenvalue weighted by Gasteiger charge is -2.26. The third-order valence-electron chi connectivity index (χ3n) is 3.20. The minimum atomic E-state index is -0.229. The van der Waals surface area contributed by atoms with Crippen molar-refractivity contribution in [3.8, 4) is 0 Å². The molecule has 0 aromatic carbocycles. The average Bonchev–Trinajstić information content (AvgIpc) is 2.92. The van der Waals surface area contributed by atoms with Gasteiger partial charge in [0, 0.05) is 30.8 Å². The lowest BCUT2D eigenvalue weighted by molar-refractivity contribution is -0.131. The molecule has 0 radical (unpaired) electrons. The summed E-state index contributed by atoms with van der Waals surface area (Å²) in [5, 5.41) is 4.03. The Morgan fingerprint density at radius 3 is 2.95 bits per heavy atom. The molecule has 0 spiro atoms. The number of carbonyl (C=O) groups is 1. The molecule has 1 aliphatic rings. The van der Waals surface area contributed by atoms with Gasteiger partial charge in [-0.25, -0.2) is 4.68 Å². The fourth-order valence-electron chi connectivity index (χ4n) is 2.13. The number of rotatable bonds is 2. The standard InChI is InChI=1S/C12H14N4O2S/c17-11(14-4-6-19-7-5-14)8-16-12(18)10-2-1-3-15(10)9-13-16/h1-3,9H,4-8H2. The minimum Gasteiger partial charge on any atom is -0.339 e. The van der Waals surface area contributed by atoms with Gasteiger partial charge in [-0.05, 0) is 12.1 Å². The summed E-state index contributed by atoms with van der Waals surface area (Å²) in [6.45, 7) is 1.53. The second-order valence-corrected chi connectivity index (χ2v) is 5.61. The van der Waals surface area contributed by atoms with E-state index in [1.807, 2.05) is 11.8 Å². The molecule has 19 heavy (non-hydrogen) atoms. The average molecular weight is 278 g/mol. The SMILES string of the molecule is O=C(Cn1ncn2cccc2c1=O)N1CCSCC1. The Morgan fingerprint density at radius 2 is 2.16 bits per heavy atom. The van der Waals surface area contributed by atoms with Crippen molar-refractivity contribution in [2.45, 2.75) is 6.54 Å². The molecule has 7 heteroatoms. The van der Waals surface area contributed by atoms with Crippen LogP contribution in [0.1, 0.15) is 0 Å². The van der Waals surface area contributed by atoms with Gasteiger partial charge in [0.05, 0.1) is 0 Å². The molecule has 0 aliphatic carbocycles. The molecular weight excluding hydrogens is 264 g/mol. The Morgan fingerprint density at radius 1 is 1.37 bits per heavy atom. The maximum Gasteiger partial charge on any atom is 0.291 e. The summed E-state index contributed by atoms with van der Waals surface area (Å²) in [7, 11) is 0. The van der Waals surface area contributed by atoms with E-state index in [2.05, 4.69) is 5.10 Å². The van der Waals surface area contributed by atoms with Crippen molar-refractivity contribution < 1.29 is 4.79 Å². The predicted octanol–water partition coefficient (Wildman–Crippen LogP) is 0.0714. The Labute approximate surface area is 114 Å². The molecule has 0 saturated carbocycles. The van der Waals surface area contributed by atoms with Gasteiger partial charge in [0.1, 0.15) is 18.4 Å². The molecule has 100 valence electrons. The normalized spacial score (nSPS) is 15.9. The number of thioether (sulfide) groups is 1. The fraction of sp³-hybridized carbons (Fsp3) is 0.417. The highest BCUT2D eigenvalue weighted by atomic mass is 32.2. The van der Waals surface area contributed by atoms with Crippen molar-refractivity contribution >= 4 is 23.2 Å². The van der Waals surface area contributed by atoms with E-state index in [-0.39, 0.29) is 18.0 Å². The zero-order valence-electron chi connectivity index (χ0n) is 10.4. The Bertz CT molecular complexity index is 657.